The van der Waals surface area contributed by atoms with E-state index in [0.29, 0.717) is 11.1 Å². The Balaban J connectivity index is 2.35. The minimum absolute atomic E-state index is 0.00537. The van der Waals surface area contributed by atoms with Gasteiger partial charge in [0.2, 0.25) is 0 Å². The van der Waals surface area contributed by atoms with Crippen molar-refractivity contribution in [2.45, 2.75) is 13.5 Å². The number of nitro benzene ring substituents is 1. The van der Waals surface area contributed by atoms with E-state index in [9.17, 15) is 14.5 Å². The first-order valence-electron chi connectivity index (χ1n) is 5.93. The van der Waals surface area contributed by atoms with Crippen LogP contribution in [0, 0.1) is 22.9 Å². The summed E-state index contributed by atoms with van der Waals surface area (Å²) in [5, 5.41) is 10.8. The molecule has 0 heterocycles. The number of ether oxygens (including phenoxy) is 1. The molecule has 0 spiro atoms. The summed E-state index contributed by atoms with van der Waals surface area (Å²) in [7, 11) is 0. The third-order valence-corrected chi connectivity index (χ3v) is 2.90. The van der Waals surface area contributed by atoms with E-state index in [-0.39, 0.29) is 23.7 Å². The van der Waals surface area contributed by atoms with Crippen molar-refractivity contribution in [1.29, 1.82) is 0 Å². The Bertz CT molecular complexity index is 659. The van der Waals surface area contributed by atoms with Crippen LogP contribution < -0.4 is 10.5 Å². The Hall–Kier alpha value is -2.47. The lowest BCUT2D eigenvalue weighted by Gasteiger charge is -2.10. The van der Waals surface area contributed by atoms with Gasteiger partial charge in [-0.25, -0.2) is 4.39 Å². The molecule has 2 N–H and O–H groups in total. The van der Waals surface area contributed by atoms with Crippen LogP contribution in [0.15, 0.2) is 36.4 Å². The number of hydrogen-bond donors (Lipinski definition) is 1. The molecule has 0 aliphatic heterocycles. The summed E-state index contributed by atoms with van der Waals surface area (Å²) in [5.74, 6) is -0.303. The van der Waals surface area contributed by atoms with Crippen molar-refractivity contribution >= 4 is 5.69 Å². The summed E-state index contributed by atoms with van der Waals surface area (Å²) < 4.78 is 19.2. The highest BCUT2D eigenvalue weighted by molar-refractivity contribution is 5.50. The molecular weight excluding hydrogens is 263 g/mol. The minimum atomic E-state index is -0.557. The molecule has 2 rings (SSSR count). The first kappa shape index (κ1) is 14.0. The van der Waals surface area contributed by atoms with Gasteiger partial charge in [-0.2, -0.15) is 0 Å². The molecule has 104 valence electrons. The fourth-order valence-electron chi connectivity index (χ4n) is 1.78. The molecule has 2 aromatic carbocycles. The molecule has 0 fully saturated rings. The SMILES string of the molecule is Cc1c(Oc2ccc(CN)cc2F)cccc1[N+](=O)[O-]. The van der Waals surface area contributed by atoms with Crippen molar-refractivity contribution in [3.05, 3.63) is 63.5 Å². The highest BCUT2D eigenvalue weighted by atomic mass is 19.1. The van der Waals surface area contributed by atoms with E-state index in [2.05, 4.69) is 0 Å². The highest BCUT2D eigenvalue weighted by Gasteiger charge is 2.15. The number of halogens is 1. The molecule has 0 aliphatic carbocycles. The zero-order chi connectivity index (χ0) is 14.7. The van der Waals surface area contributed by atoms with Crippen LogP contribution in [0.3, 0.4) is 0 Å². The molecule has 0 aromatic heterocycles. The fraction of sp³-hybridized carbons (Fsp3) is 0.143. The zero-order valence-electron chi connectivity index (χ0n) is 10.8. The van der Waals surface area contributed by atoms with Crippen LogP contribution in [0.1, 0.15) is 11.1 Å². The van der Waals surface area contributed by atoms with Crippen molar-refractivity contribution in [3.63, 3.8) is 0 Å². The van der Waals surface area contributed by atoms with Crippen LogP contribution >= 0.6 is 0 Å². The van der Waals surface area contributed by atoms with Crippen LogP contribution in [-0.2, 0) is 6.54 Å². The summed E-state index contributed by atoms with van der Waals surface area (Å²) in [6, 6.07) is 8.80. The Morgan fingerprint density at radius 3 is 2.65 bits per heavy atom. The Kier molecular flexibility index (Phi) is 3.95. The summed E-state index contributed by atoms with van der Waals surface area (Å²) in [4.78, 5) is 10.3. The number of rotatable bonds is 4. The van der Waals surface area contributed by atoms with Crippen LogP contribution in [0.4, 0.5) is 10.1 Å². The molecule has 2 aromatic rings. The van der Waals surface area contributed by atoms with Crippen molar-refractivity contribution in [1.82, 2.24) is 0 Å². The Morgan fingerprint density at radius 1 is 1.30 bits per heavy atom. The second kappa shape index (κ2) is 5.66. The molecule has 0 saturated carbocycles. The van der Waals surface area contributed by atoms with E-state index in [1.165, 1.54) is 24.3 Å². The van der Waals surface area contributed by atoms with Gasteiger partial charge in [0, 0.05) is 12.6 Å². The number of benzene rings is 2. The molecule has 0 amide bonds. The van der Waals surface area contributed by atoms with Crippen LogP contribution in [-0.4, -0.2) is 4.92 Å². The first-order valence-corrected chi connectivity index (χ1v) is 5.93. The lowest BCUT2D eigenvalue weighted by atomic mass is 10.2. The average molecular weight is 276 g/mol. The second-order valence-corrected chi connectivity index (χ2v) is 4.23. The Labute approximate surface area is 114 Å². The molecule has 0 aliphatic rings. The summed E-state index contributed by atoms with van der Waals surface area (Å²) in [5.41, 5.74) is 6.34. The number of nitro groups is 1. The first-order chi connectivity index (χ1) is 9.52. The van der Waals surface area contributed by atoms with Gasteiger partial charge < -0.3 is 10.5 Å². The second-order valence-electron chi connectivity index (χ2n) is 4.23. The number of nitrogens with zero attached hydrogens (tertiary/aromatic N) is 1. The van der Waals surface area contributed by atoms with Crippen LogP contribution in [0.5, 0.6) is 11.5 Å². The maximum atomic E-state index is 13.8. The maximum Gasteiger partial charge on any atom is 0.276 e. The normalized spacial score (nSPS) is 10.3. The van der Waals surface area contributed by atoms with Crippen molar-refractivity contribution < 1.29 is 14.1 Å². The molecular formula is C14H13FN2O3. The third-order valence-electron chi connectivity index (χ3n) is 2.90. The van der Waals surface area contributed by atoms with E-state index >= 15 is 0 Å². The van der Waals surface area contributed by atoms with Crippen LogP contribution in [0.2, 0.25) is 0 Å². The van der Waals surface area contributed by atoms with Crippen LogP contribution in [0.25, 0.3) is 0 Å². The van der Waals surface area contributed by atoms with E-state index in [1.807, 2.05) is 0 Å². The zero-order valence-corrected chi connectivity index (χ0v) is 10.8. The molecule has 5 nitrogen and oxygen atoms in total. The molecule has 6 heteroatoms. The van der Waals surface area contributed by atoms with E-state index in [4.69, 9.17) is 10.5 Å². The standard InChI is InChI=1S/C14H13FN2O3/c1-9-12(17(18)19)3-2-4-13(9)20-14-6-5-10(8-16)7-11(14)15/h2-7H,8,16H2,1H3. The van der Waals surface area contributed by atoms with Gasteiger partial charge >= 0.3 is 0 Å². The van der Waals surface area contributed by atoms with Gasteiger partial charge in [-0.3, -0.25) is 10.1 Å². The van der Waals surface area contributed by atoms with Crippen molar-refractivity contribution in [2.75, 3.05) is 0 Å². The van der Waals surface area contributed by atoms with E-state index in [1.54, 1.807) is 19.1 Å². The molecule has 0 unspecified atom stereocenters. The lowest BCUT2D eigenvalue weighted by molar-refractivity contribution is -0.385. The predicted molar refractivity (Wildman–Crippen MR) is 72.2 cm³/mol. The fourth-order valence-corrected chi connectivity index (χ4v) is 1.78. The average Bonchev–Trinajstić information content (AvgIpc) is 2.42. The quantitative estimate of drug-likeness (QED) is 0.686. The maximum absolute atomic E-state index is 13.8. The molecule has 0 atom stereocenters. The highest BCUT2D eigenvalue weighted by Crippen LogP contribution is 2.32. The van der Waals surface area contributed by atoms with Gasteiger partial charge in [0.1, 0.15) is 5.75 Å². The van der Waals surface area contributed by atoms with Gasteiger partial charge in [0.15, 0.2) is 11.6 Å². The molecule has 0 bridgehead atoms. The number of hydrogen-bond acceptors (Lipinski definition) is 4. The largest absolute Gasteiger partial charge is 0.454 e. The molecule has 0 radical (unpaired) electrons. The third kappa shape index (κ3) is 2.75. The van der Waals surface area contributed by atoms with Gasteiger partial charge in [0.25, 0.3) is 5.69 Å². The molecule has 0 saturated heterocycles. The topological polar surface area (TPSA) is 78.4 Å². The van der Waals surface area contributed by atoms with Crippen molar-refractivity contribution in [2.24, 2.45) is 5.73 Å². The van der Waals surface area contributed by atoms with Gasteiger partial charge in [-0.15, -0.1) is 0 Å². The van der Waals surface area contributed by atoms with Crippen molar-refractivity contribution in [3.8, 4) is 11.5 Å². The summed E-state index contributed by atoms with van der Waals surface area (Å²) in [6.45, 7) is 1.78. The van der Waals surface area contributed by atoms with Gasteiger partial charge in [-0.1, -0.05) is 12.1 Å². The molecule has 20 heavy (non-hydrogen) atoms. The predicted octanol–water partition coefficient (Wildman–Crippen LogP) is 3.29. The Morgan fingerprint density at radius 2 is 2.05 bits per heavy atom. The van der Waals surface area contributed by atoms with E-state index in [0.717, 1.165) is 0 Å². The smallest absolute Gasteiger partial charge is 0.276 e. The lowest BCUT2D eigenvalue weighted by Crippen LogP contribution is -1.99. The summed E-state index contributed by atoms with van der Waals surface area (Å²) in [6.07, 6.45) is 0. The summed E-state index contributed by atoms with van der Waals surface area (Å²) >= 11 is 0. The van der Waals surface area contributed by atoms with E-state index < -0.39 is 10.7 Å². The monoisotopic (exact) mass is 276 g/mol. The van der Waals surface area contributed by atoms with Gasteiger partial charge in [0.05, 0.1) is 10.5 Å². The minimum Gasteiger partial charge on any atom is -0.454 e. The van der Waals surface area contributed by atoms with Gasteiger partial charge in [-0.05, 0) is 30.7 Å². The number of nitrogens with two attached hydrogens (primary N) is 1.